The number of fused-ring (bicyclic) bond motifs is 1. The number of nitrogens with zero attached hydrogens (tertiary/aromatic N) is 3. The van der Waals surface area contributed by atoms with Crippen molar-refractivity contribution >= 4 is 22.9 Å². The minimum atomic E-state index is -0.582. The zero-order valence-electron chi connectivity index (χ0n) is 16.3. The average molecular weight is 402 g/mol. The Bertz CT molecular complexity index is 1260. The number of aromatic nitrogens is 2. The summed E-state index contributed by atoms with van der Waals surface area (Å²) in [7, 11) is 1.34. The van der Waals surface area contributed by atoms with Gasteiger partial charge in [-0.3, -0.25) is 14.9 Å². The molecule has 4 aromatic rings. The van der Waals surface area contributed by atoms with Gasteiger partial charge in [0.15, 0.2) is 5.75 Å². The number of carbonyl (C=O) groups excluding carboxylic acids is 1. The third-order valence-electron chi connectivity index (χ3n) is 4.75. The zero-order chi connectivity index (χ0) is 21.3. The second-order valence-electron chi connectivity index (χ2n) is 6.72. The number of rotatable bonds is 5. The highest BCUT2D eigenvalue weighted by molar-refractivity contribution is 6.04. The highest BCUT2D eigenvalue weighted by atomic mass is 16.6. The van der Waals surface area contributed by atoms with Crippen molar-refractivity contribution in [1.29, 1.82) is 0 Å². The van der Waals surface area contributed by atoms with Gasteiger partial charge < -0.3 is 14.5 Å². The van der Waals surface area contributed by atoms with Gasteiger partial charge in [-0.05, 0) is 42.8 Å². The molecule has 8 nitrogen and oxygen atoms in total. The largest absolute Gasteiger partial charge is 0.490 e. The molecule has 0 unspecified atom stereocenters. The summed E-state index contributed by atoms with van der Waals surface area (Å²) in [5.74, 6) is -0.347. The van der Waals surface area contributed by atoms with Crippen molar-refractivity contribution in [2.24, 2.45) is 0 Å². The number of anilines is 1. The van der Waals surface area contributed by atoms with Gasteiger partial charge in [-0.2, -0.15) is 0 Å². The molecule has 0 saturated carbocycles. The van der Waals surface area contributed by atoms with Crippen LogP contribution >= 0.6 is 0 Å². The monoisotopic (exact) mass is 402 g/mol. The summed E-state index contributed by atoms with van der Waals surface area (Å²) in [6.07, 6.45) is 3.90. The lowest BCUT2D eigenvalue weighted by Crippen LogP contribution is -2.12. The standard InChI is InChI=1S/C22H18N4O4/c1-14-4-3-11-25-13-18(24-21(14)25)15-5-8-17(9-6-15)23-22(27)16-7-10-20(30-2)19(12-16)26(28)29/h3-13H,1-2H3,(H,23,27). The van der Waals surface area contributed by atoms with E-state index in [0.29, 0.717) is 5.69 Å². The lowest BCUT2D eigenvalue weighted by molar-refractivity contribution is -0.385. The summed E-state index contributed by atoms with van der Waals surface area (Å²) in [6, 6.07) is 15.3. The van der Waals surface area contributed by atoms with Gasteiger partial charge >= 0.3 is 5.69 Å². The van der Waals surface area contributed by atoms with E-state index in [9.17, 15) is 14.9 Å². The molecule has 0 atom stereocenters. The molecular weight excluding hydrogens is 384 g/mol. The first-order valence-electron chi connectivity index (χ1n) is 9.15. The molecule has 1 amide bonds. The molecule has 0 saturated heterocycles. The summed E-state index contributed by atoms with van der Waals surface area (Å²) in [4.78, 5) is 27.7. The number of nitro groups is 1. The van der Waals surface area contributed by atoms with Gasteiger partial charge in [0.1, 0.15) is 5.65 Å². The van der Waals surface area contributed by atoms with Gasteiger partial charge in [0, 0.05) is 35.3 Å². The van der Waals surface area contributed by atoms with E-state index in [0.717, 1.165) is 22.5 Å². The van der Waals surface area contributed by atoms with E-state index in [1.807, 2.05) is 48.0 Å². The summed E-state index contributed by atoms with van der Waals surface area (Å²) in [5.41, 5.74) is 4.20. The number of imidazole rings is 1. The van der Waals surface area contributed by atoms with E-state index in [1.54, 1.807) is 12.1 Å². The number of nitro benzene ring substituents is 1. The van der Waals surface area contributed by atoms with Crippen LogP contribution < -0.4 is 10.1 Å². The van der Waals surface area contributed by atoms with Crippen LogP contribution in [0, 0.1) is 17.0 Å². The normalized spacial score (nSPS) is 10.7. The van der Waals surface area contributed by atoms with Crippen molar-refractivity contribution in [2.75, 3.05) is 12.4 Å². The predicted octanol–water partition coefficient (Wildman–Crippen LogP) is 4.48. The molecule has 30 heavy (non-hydrogen) atoms. The minimum Gasteiger partial charge on any atom is -0.490 e. The molecule has 2 aromatic heterocycles. The second-order valence-corrected chi connectivity index (χ2v) is 6.72. The maximum atomic E-state index is 12.5. The summed E-state index contributed by atoms with van der Waals surface area (Å²) >= 11 is 0. The van der Waals surface area contributed by atoms with Gasteiger partial charge in [0.2, 0.25) is 0 Å². The topological polar surface area (TPSA) is 98.8 Å². The number of hydrogen-bond acceptors (Lipinski definition) is 5. The molecule has 0 radical (unpaired) electrons. The molecule has 0 spiro atoms. The van der Waals surface area contributed by atoms with Crippen LogP contribution in [0.15, 0.2) is 67.0 Å². The van der Waals surface area contributed by atoms with Gasteiger partial charge in [0.25, 0.3) is 5.91 Å². The number of nitrogens with one attached hydrogen (secondary N) is 1. The number of methoxy groups -OCH3 is 1. The molecule has 0 aliphatic carbocycles. The Balaban J connectivity index is 1.54. The molecule has 150 valence electrons. The fourth-order valence-corrected chi connectivity index (χ4v) is 3.19. The Morgan fingerprint density at radius 3 is 2.60 bits per heavy atom. The first-order valence-corrected chi connectivity index (χ1v) is 9.15. The quantitative estimate of drug-likeness (QED) is 0.392. The first kappa shape index (κ1) is 19.1. The van der Waals surface area contributed by atoms with Crippen LogP contribution in [0.25, 0.3) is 16.9 Å². The molecule has 0 fully saturated rings. The second kappa shape index (κ2) is 7.67. The molecule has 4 rings (SSSR count). The van der Waals surface area contributed by atoms with Crippen LogP contribution in [-0.4, -0.2) is 27.3 Å². The van der Waals surface area contributed by atoms with Crippen molar-refractivity contribution in [3.05, 3.63) is 88.2 Å². The van der Waals surface area contributed by atoms with Gasteiger partial charge in [0.05, 0.1) is 17.7 Å². The van der Waals surface area contributed by atoms with Crippen LogP contribution in [0.1, 0.15) is 15.9 Å². The summed E-state index contributed by atoms with van der Waals surface area (Å²) in [6.45, 7) is 2.01. The number of pyridine rings is 1. The van der Waals surface area contributed by atoms with Crippen molar-refractivity contribution in [3.63, 3.8) is 0 Å². The van der Waals surface area contributed by atoms with Crippen LogP contribution in [0.3, 0.4) is 0 Å². The van der Waals surface area contributed by atoms with Crippen molar-refractivity contribution in [2.45, 2.75) is 6.92 Å². The van der Waals surface area contributed by atoms with Crippen LogP contribution in [0.4, 0.5) is 11.4 Å². The maximum absolute atomic E-state index is 12.5. The number of ether oxygens (including phenoxy) is 1. The number of amides is 1. The van der Waals surface area contributed by atoms with Crippen molar-refractivity contribution in [3.8, 4) is 17.0 Å². The Kier molecular flexibility index (Phi) is 4.89. The Morgan fingerprint density at radius 1 is 1.17 bits per heavy atom. The average Bonchev–Trinajstić information content (AvgIpc) is 3.19. The lowest BCUT2D eigenvalue weighted by Gasteiger charge is -2.07. The van der Waals surface area contributed by atoms with Crippen LogP contribution in [0.2, 0.25) is 0 Å². The first-order chi connectivity index (χ1) is 14.5. The Morgan fingerprint density at radius 2 is 1.93 bits per heavy atom. The highest BCUT2D eigenvalue weighted by Crippen LogP contribution is 2.28. The van der Waals surface area contributed by atoms with E-state index >= 15 is 0 Å². The molecule has 0 bridgehead atoms. The Labute approximate surface area is 171 Å². The van der Waals surface area contributed by atoms with Crippen molar-refractivity contribution < 1.29 is 14.5 Å². The molecule has 0 aliphatic rings. The van der Waals surface area contributed by atoms with Crippen molar-refractivity contribution in [1.82, 2.24) is 9.38 Å². The third kappa shape index (κ3) is 3.58. The minimum absolute atomic E-state index is 0.101. The summed E-state index contributed by atoms with van der Waals surface area (Å²) < 4.78 is 6.93. The third-order valence-corrected chi connectivity index (χ3v) is 4.75. The van der Waals surface area contributed by atoms with Crippen LogP contribution in [0.5, 0.6) is 5.75 Å². The highest BCUT2D eigenvalue weighted by Gasteiger charge is 2.18. The van der Waals surface area contributed by atoms with E-state index < -0.39 is 10.8 Å². The molecule has 8 heteroatoms. The van der Waals surface area contributed by atoms with Gasteiger partial charge in [-0.15, -0.1) is 0 Å². The molecule has 0 aliphatic heterocycles. The number of aryl methyl sites for hydroxylation is 1. The number of benzene rings is 2. The number of hydrogen-bond donors (Lipinski definition) is 1. The van der Waals surface area contributed by atoms with Crippen LogP contribution in [-0.2, 0) is 0 Å². The Hall–Kier alpha value is -4.20. The van der Waals surface area contributed by atoms with E-state index in [4.69, 9.17) is 4.74 Å². The van der Waals surface area contributed by atoms with Gasteiger partial charge in [-0.1, -0.05) is 18.2 Å². The molecule has 1 N–H and O–H groups in total. The lowest BCUT2D eigenvalue weighted by atomic mass is 10.1. The molecular formula is C22H18N4O4. The van der Waals surface area contributed by atoms with E-state index in [2.05, 4.69) is 10.3 Å². The summed E-state index contributed by atoms with van der Waals surface area (Å²) in [5, 5.41) is 13.9. The van der Waals surface area contributed by atoms with E-state index in [-0.39, 0.29) is 17.0 Å². The molecule has 2 aromatic carbocycles. The predicted molar refractivity (Wildman–Crippen MR) is 113 cm³/mol. The number of carbonyl (C=O) groups is 1. The van der Waals surface area contributed by atoms with E-state index in [1.165, 1.54) is 25.3 Å². The fraction of sp³-hybridized carbons (Fsp3) is 0.0909. The zero-order valence-corrected chi connectivity index (χ0v) is 16.3. The van der Waals surface area contributed by atoms with Gasteiger partial charge in [-0.25, -0.2) is 4.98 Å². The SMILES string of the molecule is COc1ccc(C(=O)Nc2ccc(-c3cn4cccc(C)c4n3)cc2)cc1[N+](=O)[O-]. The smallest absolute Gasteiger partial charge is 0.311 e. The fourth-order valence-electron chi connectivity index (χ4n) is 3.19. The maximum Gasteiger partial charge on any atom is 0.311 e. The molecule has 2 heterocycles.